The van der Waals surface area contributed by atoms with E-state index in [0.29, 0.717) is 23.5 Å². The highest BCUT2D eigenvalue weighted by atomic mass is 16.5. The molecule has 1 amide bonds. The topological polar surface area (TPSA) is 115 Å². The number of hydrogen-bond donors (Lipinski definition) is 2. The molecule has 25 heavy (non-hydrogen) atoms. The zero-order valence-corrected chi connectivity index (χ0v) is 13.7. The Kier molecular flexibility index (Phi) is 4.55. The maximum absolute atomic E-state index is 12.5. The van der Waals surface area contributed by atoms with Gasteiger partial charge < -0.3 is 19.6 Å². The van der Waals surface area contributed by atoms with E-state index in [4.69, 9.17) is 4.74 Å². The van der Waals surface area contributed by atoms with E-state index < -0.39 is 5.97 Å². The number of methoxy groups -OCH3 is 1. The molecule has 128 valence electrons. The third-order valence-corrected chi connectivity index (χ3v) is 3.48. The molecule has 3 aromatic rings. The third kappa shape index (κ3) is 3.71. The highest BCUT2D eigenvalue weighted by Gasteiger charge is 2.17. The first kappa shape index (κ1) is 16.4. The number of aromatic amines is 1. The number of aryl methyl sites for hydroxylation is 1. The minimum atomic E-state index is -0.550. The van der Waals surface area contributed by atoms with Crippen LogP contribution >= 0.6 is 0 Å². The van der Waals surface area contributed by atoms with Crippen LogP contribution in [0.15, 0.2) is 37.1 Å². The van der Waals surface area contributed by atoms with Crippen LogP contribution in [-0.4, -0.2) is 43.7 Å². The largest absolute Gasteiger partial charge is 0.464 e. The molecule has 0 spiro atoms. The number of rotatable bonds is 5. The molecule has 0 aromatic carbocycles. The van der Waals surface area contributed by atoms with Crippen LogP contribution in [0.2, 0.25) is 0 Å². The molecule has 0 saturated carbocycles. The first-order valence-electron chi connectivity index (χ1n) is 7.43. The van der Waals surface area contributed by atoms with Crippen molar-refractivity contribution in [3.05, 3.63) is 59.7 Å². The maximum atomic E-state index is 12.5. The molecule has 0 aliphatic rings. The molecule has 0 aliphatic heterocycles. The molecular weight excluding hydrogens is 324 g/mol. The fourth-order valence-electron chi connectivity index (χ4n) is 2.34. The summed E-state index contributed by atoms with van der Waals surface area (Å²) in [6.45, 7) is 2.23. The lowest BCUT2D eigenvalue weighted by molar-refractivity contribution is 0.0596. The van der Waals surface area contributed by atoms with Gasteiger partial charge >= 0.3 is 5.97 Å². The van der Waals surface area contributed by atoms with E-state index in [1.165, 1.54) is 7.11 Å². The summed E-state index contributed by atoms with van der Waals surface area (Å²) < 4.78 is 6.45. The molecule has 0 fully saturated rings. The first-order chi connectivity index (χ1) is 12.1. The second kappa shape index (κ2) is 6.95. The van der Waals surface area contributed by atoms with Gasteiger partial charge in [-0.2, -0.15) is 0 Å². The summed E-state index contributed by atoms with van der Waals surface area (Å²) >= 11 is 0. The summed E-state index contributed by atoms with van der Waals surface area (Å²) in [6, 6.07) is 4.94. The standard InChI is InChI=1S/C16H16N6O3/c1-10-5-13(14(20-10)16(24)25-2)21-15(23)11-3-4-17-12(6-11)7-22-8-18-19-9-22/h3-6,8-9,20H,7H2,1-2H3,(H,21,23). The summed E-state index contributed by atoms with van der Waals surface area (Å²) in [6.07, 6.45) is 4.69. The minimum absolute atomic E-state index is 0.201. The molecule has 0 aliphatic carbocycles. The average Bonchev–Trinajstić information content (AvgIpc) is 3.24. The highest BCUT2D eigenvalue weighted by Crippen LogP contribution is 2.19. The average molecular weight is 340 g/mol. The van der Waals surface area contributed by atoms with Gasteiger partial charge in [-0.25, -0.2) is 4.79 Å². The van der Waals surface area contributed by atoms with Crippen LogP contribution in [-0.2, 0) is 11.3 Å². The lowest BCUT2D eigenvalue weighted by atomic mass is 10.2. The van der Waals surface area contributed by atoms with E-state index in [0.717, 1.165) is 5.69 Å². The Morgan fingerprint density at radius 1 is 1.28 bits per heavy atom. The Balaban J connectivity index is 1.79. The Morgan fingerprint density at radius 2 is 2.04 bits per heavy atom. The number of hydrogen-bond acceptors (Lipinski definition) is 6. The molecular formula is C16H16N6O3. The van der Waals surface area contributed by atoms with Crippen molar-refractivity contribution in [3.63, 3.8) is 0 Å². The normalized spacial score (nSPS) is 10.5. The number of nitrogens with one attached hydrogen (secondary N) is 2. The number of carbonyl (C=O) groups excluding carboxylic acids is 2. The fourth-order valence-corrected chi connectivity index (χ4v) is 2.34. The van der Waals surface area contributed by atoms with E-state index in [-0.39, 0.29) is 11.6 Å². The van der Waals surface area contributed by atoms with Gasteiger partial charge in [-0.3, -0.25) is 9.78 Å². The number of pyridine rings is 1. The quantitative estimate of drug-likeness (QED) is 0.678. The Bertz CT molecular complexity index is 900. The second-order valence-corrected chi connectivity index (χ2v) is 5.36. The van der Waals surface area contributed by atoms with Gasteiger partial charge in [0.1, 0.15) is 18.3 Å². The van der Waals surface area contributed by atoms with E-state index in [2.05, 4.69) is 25.5 Å². The minimum Gasteiger partial charge on any atom is -0.464 e. The van der Waals surface area contributed by atoms with Crippen LogP contribution in [0.25, 0.3) is 0 Å². The van der Waals surface area contributed by atoms with Crippen molar-refractivity contribution in [2.24, 2.45) is 0 Å². The van der Waals surface area contributed by atoms with Crippen LogP contribution in [0.4, 0.5) is 5.69 Å². The molecule has 3 heterocycles. The van der Waals surface area contributed by atoms with Crippen molar-refractivity contribution in [2.75, 3.05) is 12.4 Å². The molecule has 0 radical (unpaired) electrons. The van der Waals surface area contributed by atoms with E-state index in [1.54, 1.807) is 48.5 Å². The van der Waals surface area contributed by atoms with Crippen LogP contribution < -0.4 is 5.32 Å². The summed E-state index contributed by atoms with van der Waals surface area (Å²) in [5.41, 5.74) is 2.41. The van der Waals surface area contributed by atoms with Crippen molar-refractivity contribution >= 4 is 17.6 Å². The van der Waals surface area contributed by atoms with Crippen molar-refractivity contribution in [2.45, 2.75) is 13.5 Å². The molecule has 9 nitrogen and oxygen atoms in total. The molecule has 0 unspecified atom stereocenters. The van der Waals surface area contributed by atoms with Gasteiger partial charge in [0.25, 0.3) is 5.91 Å². The predicted octanol–water partition coefficient (Wildman–Crippen LogP) is 1.40. The SMILES string of the molecule is COC(=O)c1[nH]c(C)cc1NC(=O)c1ccnc(Cn2cnnc2)c1. The molecule has 0 saturated heterocycles. The third-order valence-electron chi connectivity index (χ3n) is 3.48. The molecule has 3 rings (SSSR count). The molecule has 2 N–H and O–H groups in total. The van der Waals surface area contributed by atoms with E-state index in [9.17, 15) is 9.59 Å². The maximum Gasteiger partial charge on any atom is 0.356 e. The molecule has 3 aromatic heterocycles. The fraction of sp³-hybridized carbons (Fsp3) is 0.188. The van der Waals surface area contributed by atoms with Crippen LogP contribution in [0.5, 0.6) is 0 Å². The van der Waals surface area contributed by atoms with Gasteiger partial charge in [-0.1, -0.05) is 0 Å². The predicted molar refractivity (Wildman–Crippen MR) is 88.2 cm³/mol. The van der Waals surface area contributed by atoms with Gasteiger partial charge in [0.2, 0.25) is 0 Å². The Morgan fingerprint density at radius 3 is 2.76 bits per heavy atom. The number of aromatic nitrogens is 5. The van der Waals surface area contributed by atoms with E-state index in [1.807, 2.05) is 0 Å². The number of esters is 1. The zero-order valence-electron chi connectivity index (χ0n) is 13.7. The highest BCUT2D eigenvalue weighted by molar-refractivity contribution is 6.07. The molecule has 0 atom stereocenters. The van der Waals surface area contributed by atoms with Crippen molar-refractivity contribution in [1.29, 1.82) is 0 Å². The van der Waals surface area contributed by atoms with Gasteiger partial charge in [0, 0.05) is 17.5 Å². The monoisotopic (exact) mass is 340 g/mol. The van der Waals surface area contributed by atoms with Gasteiger partial charge in [0.05, 0.1) is 25.0 Å². The second-order valence-electron chi connectivity index (χ2n) is 5.36. The van der Waals surface area contributed by atoms with Crippen molar-refractivity contribution in [3.8, 4) is 0 Å². The van der Waals surface area contributed by atoms with Crippen molar-refractivity contribution in [1.82, 2.24) is 24.7 Å². The van der Waals surface area contributed by atoms with Gasteiger partial charge in [-0.15, -0.1) is 10.2 Å². The van der Waals surface area contributed by atoms with Gasteiger partial charge in [0.15, 0.2) is 0 Å². The number of ether oxygens (including phenoxy) is 1. The lowest BCUT2D eigenvalue weighted by Crippen LogP contribution is -2.15. The first-order valence-corrected chi connectivity index (χ1v) is 7.43. The number of amides is 1. The summed E-state index contributed by atoms with van der Waals surface area (Å²) in [4.78, 5) is 31.4. The van der Waals surface area contributed by atoms with Crippen LogP contribution in [0.1, 0.15) is 32.2 Å². The lowest BCUT2D eigenvalue weighted by Gasteiger charge is -2.07. The summed E-state index contributed by atoms with van der Waals surface area (Å²) in [7, 11) is 1.28. The van der Waals surface area contributed by atoms with Gasteiger partial charge in [-0.05, 0) is 25.1 Å². The molecule has 9 heteroatoms. The number of nitrogens with zero attached hydrogens (tertiary/aromatic N) is 4. The smallest absolute Gasteiger partial charge is 0.356 e. The Hall–Kier alpha value is -3.49. The van der Waals surface area contributed by atoms with E-state index >= 15 is 0 Å². The number of H-pyrrole nitrogens is 1. The number of carbonyl (C=O) groups is 2. The zero-order chi connectivity index (χ0) is 17.8. The summed E-state index contributed by atoms with van der Waals surface area (Å²) in [5.74, 6) is -0.900. The molecule has 0 bridgehead atoms. The van der Waals surface area contributed by atoms with Crippen molar-refractivity contribution < 1.29 is 14.3 Å². The Labute approximate surface area is 143 Å². The summed E-state index contributed by atoms with van der Waals surface area (Å²) in [5, 5.41) is 10.2. The van der Waals surface area contributed by atoms with Crippen LogP contribution in [0.3, 0.4) is 0 Å². The van der Waals surface area contributed by atoms with Crippen LogP contribution in [0, 0.1) is 6.92 Å². The number of anilines is 1.